The van der Waals surface area contributed by atoms with Crippen LogP contribution in [0.25, 0.3) is 0 Å². The summed E-state index contributed by atoms with van der Waals surface area (Å²) in [6, 6.07) is 2.03. The Hall–Kier alpha value is -1.22. The van der Waals surface area contributed by atoms with E-state index in [4.69, 9.17) is 19.1 Å². The van der Waals surface area contributed by atoms with Crippen LogP contribution < -0.4 is 14.8 Å². The lowest BCUT2D eigenvalue weighted by atomic mass is 10.1. The van der Waals surface area contributed by atoms with Gasteiger partial charge in [0, 0.05) is 12.9 Å². The zero-order valence-electron chi connectivity index (χ0n) is 15.5. The van der Waals surface area contributed by atoms with Crippen molar-refractivity contribution in [3.63, 3.8) is 0 Å². The largest absolute Gasteiger partial charge is 0.454 e. The van der Waals surface area contributed by atoms with Gasteiger partial charge in [-0.2, -0.15) is 0 Å². The van der Waals surface area contributed by atoms with Crippen molar-refractivity contribution < 1.29 is 19.1 Å². The van der Waals surface area contributed by atoms with Crippen LogP contribution in [0.3, 0.4) is 0 Å². The van der Waals surface area contributed by atoms with E-state index < -0.39 is 25.6 Å². The third kappa shape index (κ3) is 2.42. The Labute approximate surface area is 100 Å². The molecule has 1 atom stereocenters. The number of hydrogen-bond acceptors (Lipinski definition) is 3. The van der Waals surface area contributed by atoms with Crippen molar-refractivity contribution >= 4 is 0 Å². The zero-order chi connectivity index (χ0) is 17.0. The molecule has 1 aliphatic heterocycles. The van der Waals surface area contributed by atoms with Crippen molar-refractivity contribution in [1.82, 2.24) is 5.32 Å². The lowest BCUT2D eigenvalue weighted by Gasteiger charge is -2.12. The summed E-state index contributed by atoms with van der Waals surface area (Å²) < 4.78 is 64.0. The molecule has 0 aliphatic carbocycles. The maximum atomic E-state index is 8.17. The smallest absolute Gasteiger partial charge is 0.231 e. The highest BCUT2D eigenvalue weighted by molar-refractivity contribution is 5.44. The first-order valence-electron chi connectivity index (χ1n) is 8.05. The summed E-state index contributed by atoms with van der Waals surface area (Å²) in [5.41, 5.74) is 0.0572. The van der Waals surface area contributed by atoms with Gasteiger partial charge >= 0.3 is 0 Å². The summed E-state index contributed by atoms with van der Waals surface area (Å²) in [6.45, 7) is -1.81. The summed E-state index contributed by atoms with van der Waals surface area (Å²) in [4.78, 5) is 0. The fraction of sp³-hybridized carbons (Fsp3) is 0.500. The topological polar surface area (TPSA) is 30.5 Å². The predicted octanol–water partition coefficient (Wildman–Crippen LogP) is 1.96. The average molecular weight is 214 g/mol. The number of hydrogen-bond donors (Lipinski definition) is 1. The Morgan fingerprint density at radius 3 is 3.20 bits per heavy atom. The Kier molecular flexibility index (Phi) is 1.43. The van der Waals surface area contributed by atoms with Crippen molar-refractivity contribution in [2.45, 2.75) is 26.2 Å². The van der Waals surface area contributed by atoms with Gasteiger partial charge in [0.2, 0.25) is 6.75 Å². The summed E-state index contributed by atoms with van der Waals surface area (Å²) in [5, 5.41) is 2.30. The number of likely N-dealkylation sites (N-methyl/N-ethyl adjacent to an activating group) is 1. The second kappa shape index (κ2) is 4.53. The highest BCUT2D eigenvalue weighted by Gasteiger charge is 2.13. The molecule has 0 saturated carbocycles. The molecular formula is C12H17NO2. The Balaban J connectivity index is 2.35. The molecule has 1 aromatic rings. The molecule has 82 valence electrons. The van der Waals surface area contributed by atoms with E-state index in [-0.39, 0.29) is 17.1 Å². The summed E-state index contributed by atoms with van der Waals surface area (Å²) in [6.07, 6.45) is -2.26. The van der Waals surface area contributed by atoms with E-state index in [9.17, 15) is 0 Å². The van der Waals surface area contributed by atoms with E-state index in [0.29, 0.717) is 0 Å². The molecular weight excluding hydrogens is 190 g/mol. The number of fused-ring (bicyclic) bond motifs is 1. The first-order chi connectivity index (χ1) is 9.74. The Bertz CT molecular complexity index is 583. The average Bonchev–Trinajstić information content (AvgIpc) is 2.57. The van der Waals surface area contributed by atoms with Crippen LogP contribution in [0.4, 0.5) is 0 Å². The van der Waals surface area contributed by atoms with Gasteiger partial charge in [0.25, 0.3) is 0 Å². The van der Waals surface area contributed by atoms with E-state index in [0.717, 1.165) is 0 Å². The van der Waals surface area contributed by atoms with Crippen LogP contribution in [-0.2, 0) is 6.37 Å². The van der Waals surface area contributed by atoms with Gasteiger partial charge in [-0.05, 0) is 37.5 Å². The third-order valence-corrected chi connectivity index (χ3v) is 1.89. The van der Waals surface area contributed by atoms with Crippen LogP contribution in [0.5, 0.6) is 11.5 Å². The SMILES string of the molecule is [2H]C([2H])(C)N[C@@]([2H])(C)C([2H])([2H])c1ccc2c(c1)OC([2H])([2H])O2. The van der Waals surface area contributed by atoms with Gasteiger partial charge in [-0.15, -0.1) is 0 Å². The fourth-order valence-corrected chi connectivity index (χ4v) is 1.30. The molecule has 1 heterocycles. The molecule has 0 saturated heterocycles. The van der Waals surface area contributed by atoms with E-state index in [2.05, 4.69) is 5.32 Å². The fourth-order valence-electron chi connectivity index (χ4n) is 1.30. The van der Waals surface area contributed by atoms with Crippen LogP contribution in [0.2, 0.25) is 0 Å². The number of rotatable bonds is 4. The van der Waals surface area contributed by atoms with E-state index in [1.165, 1.54) is 32.0 Å². The molecule has 0 radical (unpaired) electrons. The minimum Gasteiger partial charge on any atom is -0.454 e. The van der Waals surface area contributed by atoms with Crippen LogP contribution in [0, 0.1) is 0 Å². The summed E-state index contributed by atoms with van der Waals surface area (Å²) in [7, 11) is 0. The first-order valence-corrected chi connectivity index (χ1v) is 4.55. The number of nitrogens with one attached hydrogen (secondary N) is 1. The molecule has 0 spiro atoms. The van der Waals surface area contributed by atoms with Gasteiger partial charge in [-0.3, -0.25) is 0 Å². The maximum absolute atomic E-state index is 8.17. The maximum Gasteiger partial charge on any atom is 0.231 e. The Morgan fingerprint density at radius 1 is 1.60 bits per heavy atom. The molecule has 15 heavy (non-hydrogen) atoms. The van der Waals surface area contributed by atoms with Gasteiger partial charge in [0.15, 0.2) is 11.5 Å². The van der Waals surface area contributed by atoms with Gasteiger partial charge in [0.1, 0.15) is 2.74 Å². The summed E-state index contributed by atoms with van der Waals surface area (Å²) in [5.74, 6) is 0.191. The number of ether oxygens (including phenoxy) is 2. The van der Waals surface area contributed by atoms with Crippen molar-refractivity contribution in [3.05, 3.63) is 23.8 Å². The highest BCUT2D eigenvalue weighted by atomic mass is 16.7. The van der Waals surface area contributed by atoms with Gasteiger partial charge in [-0.25, -0.2) is 0 Å². The lowest BCUT2D eigenvalue weighted by molar-refractivity contribution is 0.174. The van der Waals surface area contributed by atoms with E-state index >= 15 is 0 Å². The molecule has 0 unspecified atom stereocenters. The molecule has 3 heteroatoms. The van der Waals surface area contributed by atoms with Crippen molar-refractivity contribution in [1.29, 1.82) is 0 Å². The monoisotopic (exact) mass is 214 g/mol. The lowest BCUT2D eigenvalue weighted by Crippen LogP contribution is -2.27. The Morgan fingerprint density at radius 2 is 2.40 bits per heavy atom. The second-order valence-electron chi connectivity index (χ2n) is 3.07. The summed E-state index contributed by atoms with van der Waals surface area (Å²) >= 11 is 0. The second-order valence-corrected chi connectivity index (χ2v) is 3.07. The molecule has 3 nitrogen and oxygen atoms in total. The molecule has 0 fully saturated rings. The van der Waals surface area contributed by atoms with Crippen LogP contribution in [-0.4, -0.2) is 19.3 Å². The van der Waals surface area contributed by atoms with E-state index in [1.54, 1.807) is 0 Å². The third-order valence-electron chi connectivity index (χ3n) is 1.89. The predicted molar refractivity (Wildman–Crippen MR) is 59.4 cm³/mol. The highest BCUT2D eigenvalue weighted by Crippen LogP contribution is 2.32. The molecule has 1 aromatic carbocycles. The molecule has 2 rings (SSSR count). The quantitative estimate of drug-likeness (QED) is 0.831. The molecule has 0 amide bonds. The minimum absolute atomic E-state index is 0.0432. The van der Waals surface area contributed by atoms with Crippen LogP contribution in [0.15, 0.2) is 18.2 Å². The molecule has 0 bridgehead atoms. The van der Waals surface area contributed by atoms with Crippen LogP contribution >= 0.6 is 0 Å². The minimum atomic E-state index is -2.31. The molecule has 1 aliphatic rings. The zero-order valence-corrected chi connectivity index (χ0v) is 8.55. The standard InChI is InChI=1S/C12H17NO2/c1-3-13-9(2)6-10-4-5-11-12(7-10)15-8-14-11/h4-5,7,9,13H,3,6,8H2,1-2H3/t9-/m0/s1/i3D2,6D2,8D2,9D. The normalized spacial score (nSPS) is 29.6. The molecule has 0 aromatic heterocycles. The van der Waals surface area contributed by atoms with Crippen molar-refractivity contribution in [3.8, 4) is 11.5 Å². The van der Waals surface area contributed by atoms with Crippen molar-refractivity contribution in [2.24, 2.45) is 0 Å². The van der Waals surface area contributed by atoms with Crippen molar-refractivity contribution in [2.75, 3.05) is 13.2 Å². The van der Waals surface area contributed by atoms with Gasteiger partial charge in [-0.1, -0.05) is 13.0 Å². The first kappa shape index (κ1) is 4.74. The molecule has 1 N–H and O–H groups in total. The van der Waals surface area contributed by atoms with Gasteiger partial charge < -0.3 is 14.8 Å². The number of benzene rings is 1. The van der Waals surface area contributed by atoms with Gasteiger partial charge in [0.05, 0.1) is 0 Å². The van der Waals surface area contributed by atoms with E-state index in [1.807, 2.05) is 0 Å². The van der Waals surface area contributed by atoms with Crippen LogP contribution in [0.1, 0.15) is 29.0 Å².